The maximum atomic E-state index is 2.27. The highest BCUT2D eigenvalue weighted by Crippen LogP contribution is 2.38. The predicted octanol–water partition coefficient (Wildman–Crippen LogP) is 3.75. The monoisotopic (exact) mass is 185 g/mol. The second-order valence-electron chi connectivity index (χ2n) is 3.46. The highest BCUT2D eigenvalue weighted by Gasteiger charge is 2.09. The van der Waals surface area contributed by atoms with Crippen molar-refractivity contribution >= 4 is 8.19 Å². The fourth-order valence-electron chi connectivity index (χ4n) is 2.07. The molecule has 1 aromatic carbocycles. The SMILES string of the molecule is c1ccc2c(c1)CCc1[p-]ccc1-2. The van der Waals surface area contributed by atoms with E-state index < -0.39 is 0 Å². The minimum absolute atomic E-state index is 1.23. The Hall–Kier alpha value is -1.00. The van der Waals surface area contributed by atoms with E-state index in [4.69, 9.17) is 0 Å². The van der Waals surface area contributed by atoms with Gasteiger partial charge in [0.15, 0.2) is 0 Å². The molecule has 0 amide bonds. The average Bonchev–Trinajstić information content (AvgIpc) is 2.65. The molecule has 1 aromatic heterocycles. The van der Waals surface area contributed by atoms with Crippen LogP contribution >= 0.6 is 8.19 Å². The summed E-state index contributed by atoms with van der Waals surface area (Å²) in [6.07, 6.45) is 2.48. The van der Waals surface area contributed by atoms with Gasteiger partial charge in [-0.05, 0) is 23.1 Å². The van der Waals surface area contributed by atoms with Crippen molar-refractivity contribution in [1.29, 1.82) is 0 Å². The smallest absolute Gasteiger partial charge is 0.0176 e. The molecule has 0 spiro atoms. The van der Waals surface area contributed by atoms with Gasteiger partial charge in [-0.25, -0.2) is 5.80 Å². The molecule has 0 radical (unpaired) electrons. The second kappa shape index (κ2) is 2.75. The van der Waals surface area contributed by atoms with E-state index in [2.05, 4.69) is 36.1 Å². The number of rotatable bonds is 0. The molecule has 0 atom stereocenters. The summed E-state index contributed by atoms with van der Waals surface area (Å²) >= 11 is 0. The number of aryl methyl sites for hydroxylation is 2. The minimum Gasteiger partial charge on any atom is -0.527 e. The van der Waals surface area contributed by atoms with Gasteiger partial charge in [0.1, 0.15) is 0 Å². The van der Waals surface area contributed by atoms with E-state index in [0.29, 0.717) is 0 Å². The summed E-state index contributed by atoms with van der Waals surface area (Å²) < 4.78 is 0. The molecular formula is C12H10P-. The van der Waals surface area contributed by atoms with Crippen LogP contribution in [0.4, 0.5) is 0 Å². The molecule has 0 saturated carbocycles. The van der Waals surface area contributed by atoms with Crippen LogP contribution < -0.4 is 0 Å². The van der Waals surface area contributed by atoms with Crippen LogP contribution in [0.25, 0.3) is 11.1 Å². The van der Waals surface area contributed by atoms with E-state index in [0.717, 1.165) is 0 Å². The molecule has 1 aliphatic rings. The van der Waals surface area contributed by atoms with Gasteiger partial charge >= 0.3 is 0 Å². The summed E-state index contributed by atoms with van der Waals surface area (Å²) in [5.74, 6) is 2.26. The summed E-state index contributed by atoms with van der Waals surface area (Å²) in [5, 5.41) is 1.61. The third-order valence-electron chi connectivity index (χ3n) is 2.72. The van der Waals surface area contributed by atoms with Gasteiger partial charge in [-0.2, -0.15) is 5.30 Å². The van der Waals surface area contributed by atoms with Crippen molar-refractivity contribution in [2.24, 2.45) is 0 Å². The molecule has 2 aromatic rings. The standard InChI is InChI=1S/C12H10P/c1-2-4-10-9(3-1)5-6-12-11(10)7-8-13-12/h1-4,7-8H,5-6H2/q-1. The van der Waals surface area contributed by atoms with Crippen LogP contribution in [-0.4, -0.2) is 0 Å². The van der Waals surface area contributed by atoms with Gasteiger partial charge in [0.05, 0.1) is 0 Å². The van der Waals surface area contributed by atoms with Crippen molar-refractivity contribution < 1.29 is 0 Å². The highest BCUT2D eigenvalue weighted by atomic mass is 31.0. The Morgan fingerprint density at radius 1 is 0.923 bits per heavy atom. The van der Waals surface area contributed by atoms with Crippen LogP contribution in [0.3, 0.4) is 0 Å². The van der Waals surface area contributed by atoms with Crippen molar-refractivity contribution in [2.45, 2.75) is 12.8 Å². The van der Waals surface area contributed by atoms with E-state index in [1.54, 1.807) is 5.30 Å². The van der Waals surface area contributed by atoms with Crippen molar-refractivity contribution in [2.75, 3.05) is 0 Å². The zero-order valence-electron chi connectivity index (χ0n) is 7.33. The van der Waals surface area contributed by atoms with Gasteiger partial charge in [0.2, 0.25) is 0 Å². The zero-order chi connectivity index (χ0) is 8.67. The Morgan fingerprint density at radius 3 is 2.85 bits per heavy atom. The Bertz CT molecular complexity index is 440. The normalized spacial score (nSPS) is 14.2. The predicted molar refractivity (Wildman–Crippen MR) is 57.4 cm³/mol. The van der Waals surface area contributed by atoms with Crippen molar-refractivity contribution in [3.8, 4) is 11.1 Å². The molecule has 1 heterocycles. The maximum Gasteiger partial charge on any atom is -0.0176 e. The van der Waals surface area contributed by atoms with E-state index >= 15 is 0 Å². The van der Waals surface area contributed by atoms with E-state index in [1.807, 2.05) is 0 Å². The lowest BCUT2D eigenvalue weighted by Crippen LogP contribution is -1.99. The average molecular weight is 185 g/mol. The zero-order valence-corrected chi connectivity index (χ0v) is 8.22. The number of benzene rings is 1. The Morgan fingerprint density at radius 2 is 1.85 bits per heavy atom. The third kappa shape index (κ3) is 1.06. The van der Waals surface area contributed by atoms with Crippen LogP contribution in [0.5, 0.6) is 0 Å². The lowest BCUT2D eigenvalue weighted by molar-refractivity contribution is 0.964. The molecule has 0 bridgehead atoms. The summed E-state index contributed by atoms with van der Waals surface area (Å²) in [5.41, 5.74) is 4.47. The first kappa shape index (κ1) is 7.41. The minimum atomic E-state index is 1.23. The first-order valence-electron chi connectivity index (χ1n) is 4.64. The Balaban J connectivity index is 2.30. The van der Waals surface area contributed by atoms with Crippen molar-refractivity contribution in [3.05, 3.63) is 47.0 Å². The molecule has 1 heteroatoms. The molecule has 0 N–H and O–H groups in total. The lowest BCUT2D eigenvalue weighted by atomic mass is 9.91. The molecule has 0 fully saturated rings. The van der Waals surface area contributed by atoms with Gasteiger partial charge in [-0.1, -0.05) is 36.8 Å². The number of fused-ring (bicyclic) bond motifs is 3. The number of hydrogen-bond acceptors (Lipinski definition) is 0. The Labute approximate surface area is 79.7 Å². The fraction of sp³-hybridized carbons (Fsp3) is 0.167. The maximum absolute atomic E-state index is 2.27. The first-order chi connectivity index (χ1) is 6.45. The van der Waals surface area contributed by atoms with E-state index in [1.165, 1.54) is 37.7 Å². The van der Waals surface area contributed by atoms with E-state index in [9.17, 15) is 0 Å². The van der Waals surface area contributed by atoms with Gasteiger partial charge < -0.3 is 8.19 Å². The highest BCUT2D eigenvalue weighted by molar-refractivity contribution is 7.30. The molecule has 1 aliphatic carbocycles. The van der Waals surface area contributed by atoms with Gasteiger partial charge in [-0.15, -0.1) is 0 Å². The molecule has 0 nitrogen and oxygen atoms in total. The van der Waals surface area contributed by atoms with Crippen molar-refractivity contribution in [1.82, 2.24) is 0 Å². The summed E-state index contributed by atoms with van der Waals surface area (Å²) in [6, 6.07) is 11.0. The summed E-state index contributed by atoms with van der Waals surface area (Å²) in [6.45, 7) is 0. The molecular weight excluding hydrogens is 175 g/mol. The van der Waals surface area contributed by atoms with Crippen LogP contribution in [0.15, 0.2) is 36.1 Å². The molecule has 64 valence electrons. The molecule has 0 saturated heterocycles. The second-order valence-corrected chi connectivity index (χ2v) is 4.56. The van der Waals surface area contributed by atoms with Crippen LogP contribution in [0.2, 0.25) is 0 Å². The van der Waals surface area contributed by atoms with Gasteiger partial charge in [0.25, 0.3) is 0 Å². The fourth-order valence-corrected chi connectivity index (χ4v) is 3.04. The third-order valence-corrected chi connectivity index (χ3v) is 3.80. The molecule has 3 rings (SSSR count). The molecule has 13 heavy (non-hydrogen) atoms. The number of hydrogen-bond donors (Lipinski definition) is 0. The van der Waals surface area contributed by atoms with Crippen molar-refractivity contribution in [3.63, 3.8) is 0 Å². The van der Waals surface area contributed by atoms with Gasteiger partial charge in [0, 0.05) is 0 Å². The largest absolute Gasteiger partial charge is 0.527 e. The first-order valence-corrected chi connectivity index (χ1v) is 5.60. The summed E-state index contributed by atoms with van der Waals surface area (Å²) in [4.78, 5) is 0. The lowest BCUT2D eigenvalue weighted by Gasteiger charge is -2.20. The quantitative estimate of drug-likeness (QED) is 0.586. The Kier molecular flexibility index (Phi) is 1.57. The van der Waals surface area contributed by atoms with Crippen LogP contribution in [0, 0.1) is 0 Å². The van der Waals surface area contributed by atoms with Crippen LogP contribution in [-0.2, 0) is 12.8 Å². The van der Waals surface area contributed by atoms with Gasteiger partial charge in [-0.3, -0.25) is 0 Å². The van der Waals surface area contributed by atoms with E-state index in [-0.39, 0.29) is 0 Å². The topological polar surface area (TPSA) is 0 Å². The van der Waals surface area contributed by atoms with Crippen LogP contribution in [0.1, 0.15) is 10.9 Å². The molecule has 0 unspecified atom stereocenters. The summed E-state index contributed by atoms with van der Waals surface area (Å²) in [7, 11) is 1.42. The molecule has 0 aliphatic heterocycles.